The van der Waals surface area contributed by atoms with Gasteiger partial charge in [-0.1, -0.05) is 44.3 Å². The van der Waals surface area contributed by atoms with Crippen LogP contribution in [0.1, 0.15) is 42.1 Å². The normalized spacial score (nSPS) is 10.7. The van der Waals surface area contributed by atoms with Crippen LogP contribution in [0.15, 0.2) is 24.3 Å². The minimum Gasteiger partial charge on any atom is -0.389 e. The van der Waals surface area contributed by atoms with Crippen molar-refractivity contribution in [2.75, 3.05) is 5.32 Å². The average Bonchev–Trinajstić information content (AvgIpc) is 2.43. The van der Waals surface area contributed by atoms with Crippen LogP contribution < -0.4 is 11.1 Å². The first-order valence-electron chi connectivity index (χ1n) is 6.91. The Bertz CT molecular complexity index is 680. The van der Waals surface area contributed by atoms with Gasteiger partial charge in [0.05, 0.1) is 11.3 Å². The van der Waals surface area contributed by atoms with Crippen molar-refractivity contribution in [3.63, 3.8) is 0 Å². The number of aromatic nitrogens is 2. The predicted molar refractivity (Wildman–Crippen MR) is 91.2 cm³/mol. The molecule has 1 heterocycles. The van der Waals surface area contributed by atoms with E-state index < -0.39 is 0 Å². The maximum absolute atomic E-state index is 5.86. The van der Waals surface area contributed by atoms with E-state index in [1.807, 2.05) is 32.0 Å². The van der Waals surface area contributed by atoms with E-state index in [9.17, 15) is 0 Å². The van der Waals surface area contributed by atoms with Gasteiger partial charge in [-0.3, -0.25) is 0 Å². The smallest absolute Gasteiger partial charge is 0.163 e. The maximum atomic E-state index is 5.86. The largest absolute Gasteiger partial charge is 0.389 e. The summed E-state index contributed by atoms with van der Waals surface area (Å²) in [7, 11) is 0. The molecule has 0 unspecified atom stereocenters. The number of benzene rings is 1. The number of aryl methyl sites for hydroxylation is 1. The molecule has 0 amide bonds. The van der Waals surface area contributed by atoms with Crippen LogP contribution in [0.4, 0.5) is 11.5 Å². The molecule has 1 aromatic heterocycles. The van der Waals surface area contributed by atoms with Crippen LogP contribution in [0.25, 0.3) is 0 Å². The number of nitrogens with zero attached hydrogens (tertiary/aromatic N) is 2. The monoisotopic (exact) mass is 300 g/mol. The third-order valence-corrected chi connectivity index (χ3v) is 3.74. The summed E-state index contributed by atoms with van der Waals surface area (Å²) in [5.74, 6) is 1.01. The van der Waals surface area contributed by atoms with E-state index in [1.54, 1.807) is 0 Å². The molecule has 0 spiro atoms. The highest BCUT2D eigenvalue weighted by Gasteiger charge is 2.15. The molecule has 110 valence electrons. The minimum absolute atomic E-state index is 0.329. The van der Waals surface area contributed by atoms with Gasteiger partial charge in [-0.05, 0) is 37.0 Å². The van der Waals surface area contributed by atoms with E-state index in [0.717, 1.165) is 22.5 Å². The van der Waals surface area contributed by atoms with Gasteiger partial charge in [0.1, 0.15) is 4.99 Å². The van der Waals surface area contributed by atoms with Gasteiger partial charge >= 0.3 is 0 Å². The van der Waals surface area contributed by atoms with Gasteiger partial charge in [0, 0.05) is 5.69 Å². The van der Waals surface area contributed by atoms with E-state index in [1.165, 1.54) is 5.56 Å². The lowest BCUT2D eigenvalue weighted by molar-refractivity contribution is 0.868. The summed E-state index contributed by atoms with van der Waals surface area (Å²) < 4.78 is 0. The van der Waals surface area contributed by atoms with Crippen molar-refractivity contribution in [2.45, 2.75) is 33.6 Å². The molecule has 0 bridgehead atoms. The molecule has 2 aromatic rings. The van der Waals surface area contributed by atoms with Crippen LogP contribution in [-0.4, -0.2) is 15.2 Å². The summed E-state index contributed by atoms with van der Waals surface area (Å²) in [6, 6.07) is 8.14. The maximum Gasteiger partial charge on any atom is 0.163 e. The van der Waals surface area contributed by atoms with Crippen LogP contribution in [0, 0.1) is 13.8 Å². The van der Waals surface area contributed by atoms with E-state index in [4.69, 9.17) is 18.0 Å². The molecule has 0 aliphatic rings. The van der Waals surface area contributed by atoms with Gasteiger partial charge in [0.25, 0.3) is 0 Å². The molecule has 3 N–H and O–H groups in total. The Morgan fingerprint density at radius 2 is 1.86 bits per heavy atom. The van der Waals surface area contributed by atoms with Gasteiger partial charge in [-0.25, -0.2) is 0 Å². The lowest BCUT2D eigenvalue weighted by atomic mass is 10.0. The number of para-hydroxylation sites is 1. The summed E-state index contributed by atoms with van der Waals surface area (Å²) >= 11 is 5.17. The number of hydrogen-bond acceptors (Lipinski definition) is 4. The zero-order valence-electron chi connectivity index (χ0n) is 12.8. The molecular formula is C16H20N4S. The van der Waals surface area contributed by atoms with Crippen LogP contribution >= 0.6 is 12.2 Å². The molecule has 0 fully saturated rings. The van der Waals surface area contributed by atoms with E-state index in [2.05, 4.69) is 35.4 Å². The summed E-state index contributed by atoms with van der Waals surface area (Å²) in [4.78, 5) is 0.329. The fourth-order valence-electron chi connectivity index (χ4n) is 2.24. The second-order valence-corrected chi connectivity index (χ2v) is 5.81. The number of hydrogen-bond donors (Lipinski definition) is 2. The molecule has 0 saturated carbocycles. The molecule has 1 aromatic carbocycles. The molecule has 21 heavy (non-hydrogen) atoms. The third-order valence-electron chi connectivity index (χ3n) is 3.54. The lowest BCUT2D eigenvalue weighted by Crippen LogP contribution is -2.17. The molecule has 0 aliphatic carbocycles. The Labute approximate surface area is 130 Å². The lowest BCUT2D eigenvalue weighted by Gasteiger charge is -2.17. The van der Waals surface area contributed by atoms with Crippen LogP contribution in [0.2, 0.25) is 0 Å². The molecule has 0 aliphatic heterocycles. The summed E-state index contributed by atoms with van der Waals surface area (Å²) in [5.41, 5.74) is 10.6. The molecule has 0 saturated heterocycles. The second-order valence-electron chi connectivity index (χ2n) is 5.37. The number of rotatable bonds is 4. The van der Waals surface area contributed by atoms with Gasteiger partial charge in [0.15, 0.2) is 5.82 Å². The van der Waals surface area contributed by atoms with E-state index in [-0.39, 0.29) is 0 Å². The Hall–Kier alpha value is -2.01. The van der Waals surface area contributed by atoms with Gasteiger partial charge < -0.3 is 11.1 Å². The number of nitrogens with two attached hydrogens (primary N) is 1. The fourth-order valence-corrected chi connectivity index (χ4v) is 2.49. The van der Waals surface area contributed by atoms with Crippen LogP contribution in [-0.2, 0) is 0 Å². The average molecular weight is 300 g/mol. The number of nitrogens with one attached hydrogen (secondary N) is 1. The van der Waals surface area contributed by atoms with Crippen molar-refractivity contribution in [3.8, 4) is 0 Å². The number of anilines is 2. The Balaban J connectivity index is 2.50. The Morgan fingerprint density at radius 3 is 2.48 bits per heavy atom. The molecule has 2 rings (SSSR count). The quantitative estimate of drug-likeness (QED) is 0.845. The second kappa shape index (κ2) is 6.18. The molecule has 5 heteroatoms. The van der Waals surface area contributed by atoms with Crippen LogP contribution in [0.3, 0.4) is 0 Å². The van der Waals surface area contributed by atoms with Crippen LogP contribution in [0.5, 0.6) is 0 Å². The SMILES string of the molecule is Cc1nnc(Nc2ccccc2C(C)C)c(C(N)=S)c1C. The first-order chi connectivity index (χ1) is 9.91. The first-order valence-corrected chi connectivity index (χ1v) is 7.32. The molecule has 4 nitrogen and oxygen atoms in total. The van der Waals surface area contributed by atoms with Gasteiger partial charge in [0.2, 0.25) is 0 Å². The van der Waals surface area contributed by atoms with E-state index >= 15 is 0 Å². The van der Waals surface area contributed by atoms with Gasteiger partial charge in [-0.2, -0.15) is 5.10 Å². The highest BCUT2D eigenvalue weighted by molar-refractivity contribution is 7.80. The first kappa shape index (κ1) is 15.4. The third kappa shape index (κ3) is 3.19. The van der Waals surface area contributed by atoms with Crippen molar-refractivity contribution in [2.24, 2.45) is 5.73 Å². The van der Waals surface area contributed by atoms with E-state index in [0.29, 0.717) is 16.7 Å². The molecule has 0 atom stereocenters. The van der Waals surface area contributed by atoms with Crippen molar-refractivity contribution in [1.82, 2.24) is 10.2 Å². The zero-order chi connectivity index (χ0) is 15.6. The Morgan fingerprint density at radius 1 is 1.19 bits per heavy atom. The van der Waals surface area contributed by atoms with Gasteiger partial charge in [-0.15, -0.1) is 5.10 Å². The van der Waals surface area contributed by atoms with Crippen molar-refractivity contribution >= 4 is 28.7 Å². The fraction of sp³-hybridized carbons (Fsp3) is 0.312. The predicted octanol–water partition coefficient (Wildman–Crippen LogP) is 3.59. The highest BCUT2D eigenvalue weighted by Crippen LogP contribution is 2.28. The minimum atomic E-state index is 0.329. The summed E-state index contributed by atoms with van der Waals surface area (Å²) in [5, 5.41) is 11.7. The van der Waals surface area contributed by atoms with Crippen molar-refractivity contribution < 1.29 is 0 Å². The molecule has 0 radical (unpaired) electrons. The van der Waals surface area contributed by atoms with Crippen molar-refractivity contribution in [1.29, 1.82) is 0 Å². The number of thiocarbonyl (C=S) groups is 1. The topological polar surface area (TPSA) is 63.8 Å². The zero-order valence-corrected chi connectivity index (χ0v) is 13.6. The van der Waals surface area contributed by atoms with Crippen molar-refractivity contribution in [3.05, 3.63) is 46.6 Å². The summed E-state index contributed by atoms with van der Waals surface area (Å²) in [6.45, 7) is 8.16. The standard InChI is InChI=1S/C16H20N4S/c1-9(2)12-7-5-6-8-13(12)18-16-14(15(17)21)10(3)11(4)19-20-16/h5-9H,1-4H3,(H2,17,21)(H,18,20). The Kier molecular flexibility index (Phi) is 4.53. The summed E-state index contributed by atoms with van der Waals surface area (Å²) in [6.07, 6.45) is 0. The highest BCUT2D eigenvalue weighted by atomic mass is 32.1. The molecular weight excluding hydrogens is 280 g/mol.